The SMILES string of the molecule is O=C(NC(Cc1ccc(O)cc1)C(=O)NCCCOc1ccc(C(=O)N2CCC(N3C(=O)CCc4ccccc43)CC2)cc1)OCc1ccccc1. The van der Waals surface area contributed by atoms with Crippen molar-refractivity contribution in [3.8, 4) is 11.5 Å². The summed E-state index contributed by atoms with van der Waals surface area (Å²) in [5.41, 5.74) is 4.37. The summed E-state index contributed by atoms with van der Waals surface area (Å²) in [5, 5.41) is 15.2. The Bertz CT molecular complexity index is 1820. The molecule has 52 heavy (non-hydrogen) atoms. The molecule has 11 heteroatoms. The molecule has 0 aliphatic carbocycles. The molecule has 1 unspecified atom stereocenters. The van der Waals surface area contributed by atoms with Crippen LogP contribution in [0.3, 0.4) is 0 Å². The number of phenolic OH excluding ortho intramolecular Hbond substituents is 1. The number of anilines is 1. The molecule has 6 rings (SSSR count). The van der Waals surface area contributed by atoms with Gasteiger partial charge in [0.1, 0.15) is 24.1 Å². The number of carbonyl (C=O) groups is 4. The number of benzene rings is 4. The number of aromatic hydroxyl groups is 1. The average Bonchev–Trinajstić information content (AvgIpc) is 3.18. The minimum absolute atomic E-state index is 0.0440. The predicted octanol–water partition coefficient (Wildman–Crippen LogP) is 5.40. The van der Waals surface area contributed by atoms with Crippen LogP contribution in [-0.4, -0.2) is 72.1 Å². The second-order valence-electron chi connectivity index (χ2n) is 13.1. The molecule has 270 valence electrons. The summed E-state index contributed by atoms with van der Waals surface area (Å²) in [6, 6.07) is 30.0. The van der Waals surface area contributed by atoms with Crippen molar-refractivity contribution in [2.45, 2.75) is 57.2 Å². The zero-order chi connectivity index (χ0) is 36.3. The van der Waals surface area contributed by atoms with E-state index in [4.69, 9.17) is 9.47 Å². The Labute approximate surface area is 303 Å². The van der Waals surface area contributed by atoms with Gasteiger partial charge >= 0.3 is 6.09 Å². The van der Waals surface area contributed by atoms with Crippen LogP contribution in [0.5, 0.6) is 11.5 Å². The lowest BCUT2D eigenvalue weighted by Gasteiger charge is -2.41. The fourth-order valence-corrected chi connectivity index (χ4v) is 6.64. The number of rotatable bonds is 13. The van der Waals surface area contributed by atoms with Crippen LogP contribution < -0.4 is 20.3 Å². The third-order valence-electron chi connectivity index (χ3n) is 9.43. The van der Waals surface area contributed by atoms with Gasteiger partial charge in [-0.25, -0.2) is 4.79 Å². The van der Waals surface area contributed by atoms with Crippen molar-refractivity contribution in [3.63, 3.8) is 0 Å². The van der Waals surface area contributed by atoms with E-state index in [1.165, 1.54) is 17.7 Å². The maximum absolute atomic E-state index is 13.3. The minimum Gasteiger partial charge on any atom is -0.508 e. The molecule has 3 N–H and O–H groups in total. The van der Waals surface area contributed by atoms with Gasteiger partial charge in [0.15, 0.2) is 0 Å². The Morgan fingerprint density at radius 3 is 2.29 bits per heavy atom. The van der Waals surface area contributed by atoms with Crippen molar-refractivity contribution in [2.24, 2.45) is 0 Å². The van der Waals surface area contributed by atoms with Crippen LogP contribution in [-0.2, 0) is 33.8 Å². The molecule has 2 aliphatic heterocycles. The first-order valence-corrected chi connectivity index (χ1v) is 17.8. The smallest absolute Gasteiger partial charge is 0.408 e. The summed E-state index contributed by atoms with van der Waals surface area (Å²) in [4.78, 5) is 55.6. The Morgan fingerprint density at radius 2 is 1.54 bits per heavy atom. The molecule has 0 bridgehead atoms. The quantitative estimate of drug-likeness (QED) is 0.159. The van der Waals surface area contributed by atoms with Gasteiger partial charge in [0.05, 0.1) is 6.61 Å². The molecule has 0 aromatic heterocycles. The van der Waals surface area contributed by atoms with Gasteiger partial charge in [-0.1, -0.05) is 60.7 Å². The van der Waals surface area contributed by atoms with Gasteiger partial charge < -0.3 is 35.0 Å². The maximum atomic E-state index is 13.3. The Morgan fingerprint density at radius 1 is 0.827 bits per heavy atom. The number of amides is 4. The zero-order valence-electron chi connectivity index (χ0n) is 29.0. The first-order valence-electron chi connectivity index (χ1n) is 17.8. The highest BCUT2D eigenvalue weighted by Crippen LogP contribution is 2.32. The van der Waals surface area contributed by atoms with E-state index in [1.807, 2.05) is 58.3 Å². The minimum atomic E-state index is -0.895. The predicted molar refractivity (Wildman–Crippen MR) is 196 cm³/mol. The fraction of sp³-hybridized carbons (Fsp3) is 0.317. The standard InChI is InChI=1S/C41H44N4O7/c46-34-16-11-29(12-17-34)27-36(43-41(50)52-28-30-7-2-1-3-8-30)39(48)42-23-6-26-51-35-18-13-32(14-19-35)40(49)44-24-21-33(22-25-44)45-37-10-5-4-9-31(37)15-20-38(45)47/h1-5,7-14,16-19,33,36,46H,6,15,20-28H2,(H,42,48)(H,43,50). The van der Waals surface area contributed by atoms with Crippen molar-refractivity contribution in [2.75, 3.05) is 31.1 Å². The molecule has 4 amide bonds. The van der Waals surface area contributed by atoms with Gasteiger partial charge in [-0.05, 0) is 84.8 Å². The van der Waals surface area contributed by atoms with E-state index in [1.54, 1.807) is 36.4 Å². The molecular formula is C41H44N4O7. The number of nitrogens with zero attached hydrogens (tertiary/aromatic N) is 2. The number of ether oxygens (including phenoxy) is 2. The number of aryl methyl sites for hydroxylation is 1. The molecule has 0 saturated carbocycles. The molecule has 11 nitrogen and oxygen atoms in total. The molecule has 0 spiro atoms. The topological polar surface area (TPSA) is 138 Å². The summed E-state index contributed by atoms with van der Waals surface area (Å²) in [5.74, 6) is 0.458. The van der Waals surface area contributed by atoms with Crippen molar-refractivity contribution in [1.82, 2.24) is 15.5 Å². The number of likely N-dealkylation sites (tertiary alicyclic amines) is 1. The number of phenols is 1. The zero-order valence-corrected chi connectivity index (χ0v) is 29.0. The van der Waals surface area contributed by atoms with Crippen LogP contribution in [0.1, 0.15) is 52.7 Å². The largest absolute Gasteiger partial charge is 0.508 e. The average molecular weight is 705 g/mol. The van der Waals surface area contributed by atoms with Gasteiger partial charge in [-0.2, -0.15) is 0 Å². The second kappa shape index (κ2) is 17.4. The van der Waals surface area contributed by atoms with Crippen molar-refractivity contribution >= 4 is 29.5 Å². The second-order valence-corrected chi connectivity index (χ2v) is 13.1. The molecule has 4 aromatic carbocycles. The number of nitrogens with one attached hydrogen (secondary N) is 2. The van der Waals surface area contributed by atoms with Gasteiger partial charge in [-0.3, -0.25) is 14.4 Å². The normalized spacial score (nSPS) is 15.0. The van der Waals surface area contributed by atoms with Gasteiger partial charge in [0.2, 0.25) is 11.8 Å². The number of hydrogen-bond acceptors (Lipinski definition) is 7. The summed E-state index contributed by atoms with van der Waals surface area (Å²) in [6.07, 6.45) is 2.76. The lowest BCUT2D eigenvalue weighted by Crippen LogP contribution is -2.50. The lowest BCUT2D eigenvalue weighted by atomic mass is 9.95. The van der Waals surface area contributed by atoms with Gasteiger partial charge in [0, 0.05) is 49.8 Å². The number of fused-ring (bicyclic) bond motifs is 1. The van der Waals surface area contributed by atoms with Crippen LogP contribution in [0.25, 0.3) is 0 Å². The van der Waals surface area contributed by atoms with Crippen molar-refractivity contribution < 1.29 is 33.8 Å². The first kappa shape index (κ1) is 36.0. The van der Waals surface area contributed by atoms with E-state index >= 15 is 0 Å². The van der Waals surface area contributed by atoms with Crippen molar-refractivity contribution in [3.05, 3.63) is 125 Å². The number of hydrogen-bond donors (Lipinski definition) is 3. The maximum Gasteiger partial charge on any atom is 0.408 e. The molecule has 1 saturated heterocycles. The number of carbonyl (C=O) groups excluding carboxylic acids is 4. The number of piperidine rings is 1. The number of para-hydroxylation sites is 1. The summed E-state index contributed by atoms with van der Waals surface area (Å²) >= 11 is 0. The Hall–Kier alpha value is -5.84. The molecule has 1 fully saturated rings. The third-order valence-corrected chi connectivity index (χ3v) is 9.43. The molecule has 0 radical (unpaired) electrons. The number of alkyl carbamates (subject to hydrolysis) is 1. The summed E-state index contributed by atoms with van der Waals surface area (Å²) in [7, 11) is 0. The fourth-order valence-electron chi connectivity index (χ4n) is 6.64. The highest BCUT2D eigenvalue weighted by Gasteiger charge is 2.33. The first-order chi connectivity index (χ1) is 25.3. The Kier molecular flexibility index (Phi) is 12.0. The van der Waals surface area contributed by atoms with Gasteiger partial charge in [0.25, 0.3) is 5.91 Å². The molecule has 2 aliphatic rings. The molecular weight excluding hydrogens is 660 g/mol. The molecule has 1 atom stereocenters. The van der Waals surface area contributed by atoms with Crippen LogP contribution >= 0.6 is 0 Å². The molecule has 4 aromatic rings. The van der Waals surface area contributed by atoms with E-state index < -0.39 is 12.1 Å². The van der Waals surface area contributed by atoms with Gasteiger partial charge in [-0.15, -0.1) is 0 Å². The van der Waals surface area contributed by atoms with Crippen LogP contribution in [0, 0.1) is 0 Å². The summed E-state index contributed by atoms with van der Waals surface area (Å²) < 4.78 is 11.2. The van der Waals surface area contributed by atoms with E-state index in [0.29, 0.717) is 50.4 Å². The van der Waals surface area contributed by atoms with Crippen LogP contribution in [0.15, 0.2) is 103 Å². The highest BCUT2D eigenvalue weighted by atomic mass is 16.5. The van der Waals surface area contributed by atoms with E-state index in [0.717, 1.165) is 36.1 Å². The lowest BCUT2D eigenvalue weighted by molar-refractivity contribution is -0.123. The Balaban J connectivity index is 0.933. The van der Waals surface area contributed by atoms with E-state index in [9.17, 15) is 24.3 Å². The molecule has 2 heterocycles. The summed E-state index contributed by atoms with van der Waals surface area (Å²) in [6.45, 7) is 1.88. The van der Waals surface area contributed by atoms with E-state index in [-0.39, 0.29) is 42.5 Å². The third kappa shape index (κ3) is 9.48. The monoisotopic (exact) mass is 704 g/mol. The van der Waals surface area contributed by atoms with Crippen molar-refractivity contribution in [1.29, 1.82) is 0 Å². The van der Waals surface area contributed by atoms with Crippen LogP contribution in [0.2, 0.25) is 0 Å². The highest BCUT2D eigenvalue weighted by molar-refractivity contribution is 5.97. The van der Waals surface area contributed by atoms with Crippen LogP contribution in [0.4, 0.5) is 10.5 Å². The van der Waals surface area contributed by atoms with E-state index in [2.05, 4.69) is 16.7 Å².